The van der Waals surface area contributed by atoms with Crippen molar-refractivity contribution in [3.05, 3.63) is 0 Å². The summed E-state index contributed by atoms with van der Waals surface area (Å²) in [4.78, 5) is 25.2. The normalized spacial score (nSPS) is 16.7. The predicted octanol–water partition coefficient (Wildman–Crippen LogP) is 0.503. The van der Waals surface area contributed by atoms with Crippen LogP contribution in [0.3, 0.4) is 0 Å². The Balaban J connectivity index is 2.23. The molecule has 104 valence electrons. The summed E-state index contributed by atoms with van der Waals surface area (Å²) in [6, 6.07) is 0.248. The number of hydrogen-bond donors (Lipinski definition) is 2. The quantitative estimate of drug-likeness (QED) is 0.726. The first-order valence-electron chi connectivity index (χ1n) is 6.89. The van der Waals surface area contributed by atoms with E-state index in [0.29, 0.717) is 12.8 Å². The molecule has 0 saturated carbocycles. The van der Waals surface area contributed by atoms with Crippen LogP contribution in [-0.2, 0) is 9.59 Å². The summed E-state index contributed by atoms with van der Waals surface area (Å²) in [6.45, 7) is 4.26. The number of carbonyl (C=O) groups excluding carboxylic acids is 2. The number of nitrogens with one attached hydrogen (secondary N) is 2. The molecule has 0 radical (unpaired) electrons. The molecule has 2 amide bonds. The van der Waals surface area contributed by atoms with Gasteiger partial charge in [-0.1, -0.05) is 6.92 Å². The molecule has 0 bridgehead atoms. The van der Waals surface area contributed by atoms with Crippen molar-refractivity contribution in [3.8, 4) is 0 Å². The van der Waals surface area contributed by atoms with E-state index < -0.39 is 0 Å². The zero-order chi connectivity index (χ0) is 13.4. The third-order valence-electron chi connectivity index (χ3n) is 3.28. The molecular weight excluding hydrogens is 230 g/mol. The van der Waals surface area contributed by atoms with Gasteiger partial charge >= 0.3 is 0 Å². The van der Waals surface area contributed by atoms with E-state index in [4.69, 9.17) is 0 Å². The van der Waals surface area contributed by atoms with Gasteiger partial charge in [0.1, 0.15) is 0 Å². The number of likely N-dealkylation sites (tertiary alicyclic amines) is 1. The van der Waals surface area contributed by atoms with Crippen LogP contribution >= 0.6 is 0 Å². The topological polar surface area (TPSA) is 61.4 Å². The highest BCUT2D eigenvalue weighted by molar-refractivity contribution is 5.77. The zero-order valence-electron chi connectivity index (χ0n) is 11.5. The Labute approximate surface area is 109 Å². The van der Waals surface area contributed by atoms with Gasteiger partial charge in [-0.3, -0.25) is 9.59 Å². The molecule has 0 aromatic heterocycles. The molecule has 0 aromatic rings. The number of amides is 2. The van der Waals surface area contributed by atoms with E-state index in [2.05, 4.69) is 10.6 Å². The fourth-order valence-electron chi connectivity index (χ4n) is 2.19. The lowest BCUT2D eigenvalue weighted by Gasteiger charge is -2.32. The van der Waals surface area contributed by atoms with Gasteiger partial charge in [0.2, 0.25) is 11.8 Å². The van der Waals surface area contributed by atoms with E-state index in [1.54, 1.807) is 0 Å². The number of nitrogens with zero attached hydrogens (tertiary/aromatic N) is 1. The molecule has 1 aliphatic heterocycles. The lowest BCUT2D eigenvalue weighted by molar-refractivity contribution is -0.132. The van der Waals surface area contributed by atoms with Crippen molar-refractivity contribution in [2.24, 2.45) is 0 Å². The Hall–Kier alpha value is -1.10. The first-order chi connectivity index (χ1) is 8.67. The molecule has 18 heavy (non-hydrogen) atoms. The fraction of sp³-hybridized carbons (Fsp3) is 0.846. The monoisotopic (exact) mass is 255 g/mol. The van der Waals surface area contributed by atoms with Gasteiger partial charge in [0, 0.05) is 38.5 Å². The molecule has 1 heterocycles. The average molecular weight is 255 g/mol. The molecule has 0 atom stereocenters. The van der Waals surface area contributed by atoms with E-state index in [0.717, 1.165) is 38.9 Å². The van der Waals surface area contributed by atoms with E-state index in [1.165, 1.54) is 0 Å². The molecule has 0 unspecified atom stereocenters. The molecule has 1 rings (SSSR count). The summed E-state index contributed by atoms with van der Waals surface area (Å²) in [5, 5.41) is 6.02. The highest BCUT2D eigenvalue weighted by Gasteiger charge is 2.23. The van der Waals surface area contributed by atoms with Crippen molar-refractivity contribution in [3.63, 3.8) is 0 Å². The zero-order valence-corrected chi connectivity index (χ0v) is 11.5. The van der Waals surface area contributed by atoms with Gasteiger partial charge in [-0.15, -0.1) is 0 Å². The van der Waals surface area contributed by atoms with Gasteiger partial charge in [0.05, 0.1) is 0 Å². The van der Waals surface area contributed by atoms with Crippen molar-refractivity contribution >= 4 is 11.8 Å². The van der Waals surface area contributed by atoms with Gasteiger partial charge < -0.3 is 15.5 Å². The second kappa shape index (κ2) is 8.08. The Morgan fingerprint density at radius 2 is 1.89 bits per heavy atom. The van der Waals surface area contributed by atoms with Crippen molar-refractivity contribution in [2.45, 2.75) is 45.1 Å². The number of piperidine rings is 1. The van der Waals surface area contributed by atoms with Gasteiger partial charge in [-0.25, -0.2) is 0 Å². The lowest BCUT2D eigenvalue weighted by Crippen LogP contribution is -2.46. The van der Waals surface area contributed by atoms with Crippen molar-refractivity contribution in [2.75, 3.05) is 26.7 Å². The number of carbonyl (C=O) groups is 2. The van der Waals surface area contributed by atoms with E-state index in [1.807, 2.05) is 18.9 Å². The molecule has 2 N–H and O–H groups in total. The van der Waals surface area contributed by atoms with Crippen LogP contribution in [0.25, 0.3) is 0 Å². The first-order valence-corrected chi connectivity index (χ1v) is 6.89. The fourth-order valence-corrected chi connectivity index (χ4v) is 2.19. The van der Waals surface area contributed by atoms with Gasteiger partial charge in [0.15, 0.2) is 0 Å². The van der Waals surface area contributed by atoms with E-state index in [9.17, 15) is 9.59 Å². The summed E-state index contributed by atoms with van der Waals surface area (Å²) in [5.41, 5.74) is 0. The minimum absolute atomic E-state index is 0.137. The van der Waals surface area contributed by atoms with Crippen LogP contribution in [0.15, 0.2) is 0 Å². The molecule has 1 aliphatic rings. The molecule has 0 aliphatic carbocycles. The highest BCUT2D eigenvalue weighted by Crippen LogP contribution is 2.11. The summed E-state index contributed by atoms with van der Waals surface area (Å²) in [6.07, 6.45) is 3.79. The smallest absolute Gasteiger partial charge is 0.223 e. The number of hydrogen-bond acceptors (Lipinski definition) is 3. The van der Waals surface area contributed by atoms with Crippen LogP contribution in [0, 0.1) is 0 Å². The second-order valence-electron chi connectivity index (χ2n) is 4.83. The van der Waals surface area contributed by atoms with Gasteiger partial charge in [0.25, 0.3) is 0 Å². The second-order valence-corrected chi connectivity index (χ2v) is 4.83. The first kappa shape index (κ1) is 15.0. The Bertz CT molecular complexity index is 273. The molecule has 1 saturated heterocycles. The minimum Gasteiger partial charge on any atom is -0.353 e. The maximum Gasteiger partial charge on any atom is 0.223 e. The Morgan fingerprint density at radius 1 is 1.22 bits per heavy atom. The molecule has 5 nitrogen and oxygen atoms in total. The van der Waals surface area contributed by atoms with Gasteiger partial charge in [-0.2, -0.15) is 0 Å². The summed E-state index contributed by atoms with van der Waals surface area (Å²) >= 11 is 0. The third-order valence-corrected chi connectivity index (χ3v) is 3.28. The SMILES string of the molecule is CCCC(=O)NC1CCN(C(=O)CCNC)CC1. The highest BCUT2D eigenvalue weighted by atomic mass is 16.2. The third kappa shape index (κ3) is 5.04. The largest absolute Gasteiger partial charge is 0.353 e. The van der Waals surface area contributed by atoms with Crippen LogP contribution in [0.5, 0.6) is 0 Å². The van der Waals surface area contributed by atoms with Crippen LogP contribution < -0.4 is 10.6 Å². The van der Waals surface area contributed by atoms with Crippen LogP contribution in [0.1, 0.15) is 39.0 Å². The van der Waals surface area contributed by atoms with Crippen LogP contribution in [0.4, 0.5) is 0 Å². The Morgan fingerprint density at radius 3 is 2.44 bits per heavy atom. The van der Waals surface area contributed by atoms with Crippen molar-refractivity contribution < 1.29 is 9.59 Å². The van der Waals surface area contributed by atoms with Crippen molar-refractivity contribution in [1.82, 2.24) is 15.5 Å². The van der Waals surface area contributed by atoms with Gasteiger partial charge in [-0.05, 0) is 26.3 Å². The molecule has 0 spiro atoms. The summed E-state index contributed by atoms with van der Waals surface area (Å²) < 4.78 is 0. The molecule has 1 fully saturated rings. The van der Waals surface area contributed by atoms with Crippen LogP contribution in [-0.4, -0.2) is 49.4 Å². The molecule has 0 aromatic carbocycles. The maximum atomic E-state index is 11.8. The molecular formula is C13H25N3O2. The standard InChI is InChI=1S/C13H25N3O2/c1-3-4-12(17)15-11-6-9-16(10-7-11)13(18)5-8-14-2/h11,14H,3-10H2,1-2H3,(H,15,17). The average Bonchev–Trinajstić information content (AvgIpc) is 2.37. The number of rotatable bonds is 6. The lowest BCUT2D eigenvalue weighted by atomic mass is 10.0. The predicted molar refractivity (Wildman–Crippen MR) is 71.2 cm³/mol. The molecule has 5 heteroatoms. The summed E-state index contributed by atoms with van der Waals surface area (Å²) in [7, 11) is 1.85. The minimum atomic E-state index is 0.137. The maximum absolute atomic E-state index is 11.8. The van der Waals surface area contributed by atoms with Crippen molar-refractivity contribution in [1.29, 1.82) is 0 Å². The van der Waals surface area contributed by atoms with E-state index >= 15 is 0 Å². The van der Waals surface area contributed by atoms with Crippen LogP contribution in [0.2, 0.25) is 0 Å². The summed E-state index contributed by atoms with van der Waals surface area (Å²) in [5.74, 6) is 0.347. The van der Waals surface area contributed by atoms with E-state index in [-0.39, 0.29) is 17.9 Å². The Kier molecular flexibility index (Phi) is 6.72.